The number of hydrogen-bond acceptors (Lipinski definition) is 5. The molecule has 1 amide bonds. The number of phenols is 1. The van der Waals surface area contributed by atoms with Gasteiger partial charge in [0.25, 0.3) is 0 Å². The minimum atomic E-state index is -1.13. The number of amides is 1. The Bertz CT molecular complexity index is 612. The standard InChI is InChI=1S/C15H17NO6/c1-22-13-6-9(2-4-12(13)18)3-5-14(19)16-8-10(17)7-11(16)15(20)21/h2-6,10-11,17-18H,7-8H2,1H3,(H,20,21)/b5-3+. The van der Waals surface area contributed by atoms with E-state index in [4.69, 9.17) is 9.84 Å². The van der Waals surface area contributed by atoms with Crippen LogP contribution in [0.5, 0.6) is 11.5 Å². The summed E-state index contributed by atoms with van der Waals surface area (Å²) in [6.07, 6.45) is 1.93. The highest BCUT2D eigenvalue weighted by Gasteiger charge is 2.37. The van der Waals surface area contributed by atoms with Gasteiger partial charge in [0.15, 0.2) is 11.5 Å². The number of nitrogens with zero attached hydrogens (tertiary/aromatic N) is 1. The molecule has 1 aromatic carbocycles. The van der Waals surface area contributed by atoms with Crippen LogP contribution in [0, 0.1) is 0 Å². The van der Waals surface area contributed by atoms with Crippen molar-refractivity contribution in [1.82, 2.24) is 4.90 Å². The van der Waals surface area contributed by atoms with Crippen LogP contribution in [0.3, 0.4) is 0 Å². The van der Waals surface area contributed by atoms with Gasteiger partial charge in [-0.1, -0.05) is 6.07 Å². The molecule has 3 N–H and O–H groups in total. The molecular formula is C15H17NO6. The van der Waals surface area contributed by atoms with Crippen LogP contribution in [0.2, 0.25) is 0 Å². The van der Waals surface area contributed by atoms with Crippen LogP contribution in [0.25, 0.3) is 6.08 Å². The van der Waals surface area contributed by atoms with Gasteiger partial charge in [-0.3, -0.25) is 4.79 Å². The molecule has 2 unspecified atom stereocenters. The summed E-state index contributed by atoms with van der Waals surface area (Å²) >= 11 is 0. The quantitative estimate of drug-likeness (QED) is 0.698. The highest BCUT2D eigenvalue weighted by Crippen LogP contribution is 2.27. The van der Waals surface area contributed by atoms with E-state index >= 15 is 0 Å². The van der Waals surface area contributed by atoms with Crippen molar-refractivity contribution < 1.29 is 29.6 Å². The third-order valence-electron chi connectivity index (χ3n) is 3.47. The Labute approximate surface area is 127 Å². The number of carbonyl (C=O) groups excluding carboxylic acids is 1. The number of likely N-dealkylation sites (tertiary alicyclic amines) is 1. The number of aromatic hydroxyl groups is 1. The summed E-state index contributed by atoms with van der Waals surface area (Å²) < 4.78 is 4.96. The SMILES string of the molecule is COc1cc(/C=C/C(=O)N2CC(O)CC2C(=O)O)ccc1O. The van der Waals surface area contributed by atoms with Crippen LogP contribution in [-0.2, 0) is 9.59 Å². The van der Waals surface area contributed by atoms with Gasteiger partial charge in [0.2, 0.25) is 5.91 Å². The molecule has 118 valence electrons. The molecule has 0 saturated carbocycles. The molecule has 1 heterocycles. The number of aliphatic hydroxyl groups excluding tert-OH is 1. The number of carboxylic acid groups (broad SMARTS) is 1. The molecule has 0 aromatic heterocycles. The molecule has 2 atom stereocenters. The van der Waals surface area contributed by atoms with Crippen molar-refractivity contribution in [3.8, 4) is 11.5 Å². The van der Waals surface area contributed by atoms with Crippen LogP contribution < -0.4 is 4.74 Å². The Hall–Kier alpha value is -2.54. The van der Waals surface area contributed by atoms with Crippen molar-refractivity contribution in [3.05, 3.63) is 29.8 Å². The zero-order valence-corrected chi connectivity index (χ0v) is 12.0. The van der Waals surface area contributed by atoms with E-state index in [0.29, 0.717) is 5.56 Å². The van der Waals surface area contributed by atoms with Gasteiger partial charge in [0, 0.05) is 19.0 Å². The molecule has 2 rings (SSSR count). The number of β-amino-alcohol motifs (C(OH)–C–C–N with tert-alkyl or cyclic N) is 1. The largest absolute Gasteiger partial charge is 0.504 e. The van der Waals surface area contributed by atoms with Crippen molar-refractivity contribution >= 4 is 18.0 Å². The second-order valence-corrected chi connectivity index (χ2v) is 5.00. The predicted octanol–water partition coefficient (Wildman–Crippen LogP) is 0.460. The van der Waals surface area contributed by atoms with E-state index in [2.05, 4.69) is 0 Å². The highest BCUT2D eigenvalue weighted by molar-refractivity contribution is 5.95. The van der Waals surface area contributed by atoms with Gasteiger partial charge in [-0.25, -0.2) is 4.79 Å². The van der Waals surface area contributed by atoms with Gasteiger partial charge in [-0.15, -0.1) is 0 Å². The fourth-order valence-corrected chi connectivity index (χ4v) is 2.35. The van der Waals surface area contributed by atoms with Crippen LogP contribution >= 0.6 is 0 Å². The van der Waals surface area contributed by atoms with Crippen molar-refractivity contribution in [2.24, 2.45) is 0 Å². The van der Waals surface area contributed by atoms with Gasteiger partial charge in [-0.2, -0.15) is 0 Å². The number of hydrogen-bond donors (Lipinski definition) is 3. The van der Waals surface area contributed by atoms with E-state index < -0.39 is 24.0 Å². The molecule has 7 heteroatoms. The Balaban J connectivity index is 2.12. The first-order chi connectivity index (χ1) is 10.4. The van der Waals surface area contributed by atoms with Crippen LogP contribution in [-0.4, -0.2) is 57.9 Å². The van der Waals surface area contributed by atoms with Crippen LogP contribution in [0.1, 0.15) is 12.0 Å². The lowest BCUT2D eigenvalue weighted by molar-refractivity contribution is -0.146. The minimum absolute atomic E-state index is 0.000953. The molecule has 1 saturated heterocycles. The molecule has 0 spiro atoms. The summed E-state index contributed by atoms with van der Waals surface area (Å²) in [6, 6.07) is 3.56. The fourth-order valence-electron chi connectivity index (χ4n) is 2.35. The van der Waals surface area contributed by atoms with Gasteiger partial charge in [0.1, 0.15) is 6.04 Å². The monoisotopic (exact) mass is 307 g/mol. The topological polar surface area (TPSA) is 107 Å². The number of aliphatic carboxylic acids is 1. The predicted molar refractivity (Wildman–Crippen MR) is 77.5 cm³/mol. The van der Waals surface area contributed by atoms with E-state index in [0.717, 1.165) is 4.90 Å². The second-order valence-electron chi connectivity index (χ2n) is 5.00. The summed E-state index contributed by atoms with van der Waals surface area (Å²) in [7, 11) is 1.41. The number of aliphatic hydroxyl groups is 1. The Kier molecular flexibility index (Phi) is 4.67. The van der Waals surface area contributed by atoms with Crippen molar-refractivity contribution in [1.29, 1.82) is 0 Å². The average Bonchev–Trinajstić information content (AvgIpc) is 2.88. The number of carbonyl (C=O) groups is 2. The smallest absolute Gasteiger partial charge is 0.326 e. The first-order valence-electron chi connectivity index (χ1n) is 6.69. The second kappa shape index (κ2) is 6.48. The molecule has 1 aliphatic heterocycles. The highest BCUT2D eigenvalue weighted by atomic mass is 16.5. The van der Waals surface area contributed by atoms with E-state index in [1.54, 1.807) is 12.1 Å². The van der Waals surface area contributed by atoms with Crippen LogP contribution in [0.4, 0.5) is 0 Å². The molecule has 0 aliphatic carbocycles. The van der Waals surface area contributed by atoms with Crippen molar-refractivity contribution in [2.75, 3.05) is 13.7 Å². The first-order valence-corrected chi connectivity index (χ1v) is 6.69. The maximum Gasteiger partial charge on any atom is 0.326 e. The lowest BCUT2D eigenvalue weighted by Gasteiger charge is -2.19. The zero-order valence-electron chi connectivity index (χ0n) is 12.0. The summed E-state index contributed by atoms with van der Waals surface area (Å²) in [4.78, 5) is 24.3. The van der Waals surface area contributed by atoms with E-state index in [1.807, 2.05) is 0 Å². The third kappa shape index (κ3) is 3.37. The maximum absolute atomic E-state index is 12.1. The molecular weight excluding hydrogens is 290 g/mol. The molecule has 1 fully saturated rings. The summed E-state index contributed by atoms with van der Waals surface area (Å²) in [5.74, 6) is -1.37. The van der Waals surface area contributed by atoms with Gasteiger partial charge in [-0.05, 0) is 23.8 Å². The molecule has 22 heavy (non-hydrogen) atoms. The normalized spacial score (nSPS) is 21.3. The van der Waals surface area contributed by atoms with Gasteiger partial charge >= 0.3 is 5.97 Å². The van der Waals surface area contributed by atoms with E-state index in [-0.39, 0.29) is 24.5 Å². The number of carboxylic acids is 1. The molecule has 0 radical (unpaired) electrons. The zero-order chi connectivity index (χ0) is 16.3. The summed E-state index contributed by atoms with van der Waals surface area (Å²) in [5, 5.41) is 28.1. The molecule has 1 aromatic rings. The lowest BCUT2D eigenvalue weighted by atomic mass is 10.1. The average molecular weight is 307 g/mol. The summed E-state index contributed by atoms with van der Waals surface area (Å²) in [6.45, 7) is -0.000953. The maximum atomic E-state index is 12.1. The Morgan fingerprint density at radius 2 is 2.14 bits per heavy atom. The Morgan fingerprint density at radius 1 is 1.41 bits per heavy atom. The number of phenolic OH excluding ortho intramolecular Hbond substituents is 1. The fraction of sp³-hybridized carbons (Fsp3) is 0.333. The minimum Gasteiger partial charge on any atom is -0.504 e. The van der Waals surface area contributed by atoms with Gasteiger partial charge < -0.3 is 25.0 Å². The molecule has 0 bridgehead atoms. The van der Waals surface area contributed by atoms with Crippen molar-refractivity contribution in [3.63, 3.8) is 0 Å². The summed E-state index contributed by atoms with van der Waals surface area (Å²) in [5.41, 5.74) is 0.620. The van der Waals surface area contributed by atoms with Gasteiger partial charge in [0.05, 0.1) is 13.2 Å². The lowest BCUT2D eigenvalue weighted by Crippen LogP contribution is -2.39. The Morgan fingerprint density at radius 3 is 2.77 bits per heavy atom. The molecule has 1 aliphatic rings. The van der Waals surface area contributed by atoms with Crippen LogP contribution in [0.15, 0.2) is 24.3 Å². The van der Waals surface area contributed by atoms with E-state index in [9.17, 15) is 19.8 Å². The number of methoxy groups -OCH3 is 1. The molecule has 7 nitrogen and oxygen atoms in total. The van der Waals surface area contributed by atoms with E-state index in [1.165, 1.54) is 25.3 Å². The number of rotatable bonds is 4. The van der Waals surface area contributed by atoms with Crippen molar-refractivity contribution in [2.45, 2.75) is 18.6 Å². The number of benzene rings is 1. The number of ether oxygens (including phenoxy) is 1. The first kappa shape index (κ1) is 15.8. The third-order valence-corrected chi connectivity index (χ3v) is 3.47.